The summed E-state index contributed by atoms with van der Waals surface area (Å²) in [6.45, 7) is 4.61. The highest BCUT2D eigenvalue weighted by molar-refractivity contribution is 7.89. The highest BCUT2D eigenvalue weighted by Gasteiger charge is 2.65. The Morgan fingerprint density at radius 2 is 1.81 bits per heavy atom. The van der Waals surface area contributed by atoms with E-state index in [9.17, 15) is 26.4 Å². The van der Waals surface area contributed by atoms with Crippen LogP contribution < -0.4 is 4.90 Å². The van der Waals surface area contributed by atoms with E-state index in [0.717, 1.165) is 24.2 Å². The Balaban J connectivity index is 1.43. The van der Waals surface area contributed by atoms with E-state index in [1.165, 1.54) is 10.4 Å². The van der Waals surface area contributed by atoms with Gasteiger partial charge in [0.25, 0.3) is 0 Å². The van der Waals surface area contributed by atoms with Gasteiger partial charge in [-0.2, -0.15) is 17.5 Å². The van der Waals surface area contributed by atoms with E-state index in [-0.39, 0.29) is 42.5 Å². The maximum Gasteiger partial charge on any atom is 0.417 e. The van der Waals surface area contributed by atoms with E-state index in [1.807, 2.05) is 49.1 Å². The third kappa shape index (κ3) is 4.02. The van der Waals surface area contributed by atoms with Crippen molar-refractivity contribution in [2.45, 2.75) is 45.3 Å². The lowest BCUT2D eigenvalue weighted by Crippen LogP contribution is -2.54. The van der Waals surface area contributed by atoms with Crippen LogP contribution >= 0.6 is 0 Å². The highest BCUT2D eigenvalue weighted by atomic mass is 32.2. The Morgan fingerprint density at radius 3 is 2.36 bits per heavy atom. The van der Waals surface area contributed by atoms with Crippen molar-refractivity contribution < 1.29 is 26.4 Å². The third-order valence-electron chi connectivity index (χ3n) is 8.86. The van der Waals surface area contributed by atoms with Gasteiger partial charge in [-0.25, -0.2) is 13.4 Å². The monoisotopic (exact) mass is 521 g/mol. The Morgan fingerprint density at radius 1 is 1.08 bits per heavy atom. The van der Waals surface area contributed by atoms with Gasteiger partial charge in [0.15, 0.2) is 0 Å². The van der Waals surface area contributed by atoms with Gasteiger partial charge in [-0.3, -0.25) is 4.79 Å². The van der Waals surface area contributed by atoms with Crippen LogP contribution in [0.1, 0.15) is 50.3 Å². The van der Waals surface area contributed by atoms with Crippen LogP contribution in [0.3, 0.4) is 0 Å². The quantitative estimate of drug-likeness (QED) is 0.571. The summed E-state index contributed by atoms with van der Waals surface area (Å²) in [7, 11) is -3.77. The summed E-state index contributed by atoms with van der Waals surface area (Å²) in [4.78, 5) is 18.9. The molecule has 2 aliphatic carbocycles. The van der Waals surface area contributed by atoms with Crippen molar-refractivity contribution in [3.63, 3.8) is 0 Å². The second-order valence-electron chi connectivity index (χ2n) is 10.8. The minimum Gasteiger partial charge on any atom is -0.347 e. The standard InChI is InChI=1S/C26H30F3N3O3S/c1-24(2)19-10-11-25(24,22(33)14-19)17-36(34,35)31-12-13-32(21(16-31)18-6-4-3-5-7-18)23-9-8-20(15-30-23)26(27,28)29/h3-9,15,19,21H,10-14,16-17H2,1-2H3/t19-,21?,25-/m1/s1. The molecular weight excluding hydrogens is 491 g/mol. The molecule has 1 saturated heterocycles. The van der Waals surface area contributed by atoms with E-state index in [2.05, 4.69) is 4.98 Å². The summed E-state index contributed by atoms with van der Waals surface area (Å²) in [6.07, 6.45) is -1.76. The molecule has 1 aliphatic heterocycles. The summed E-state index contributed by atoms with van der Waals surface area (Å²) in [5, 5.41) is 0. The second-order valence-corrected chi connectivity index (χ2v) is 12.8. The lowest BCUT2D eigenvalue weighted by atomic mass is 9.70. The Kier molecular flexibility index (Phi) is 5.98. The number of ketones is 1. The predicted molar refractivity (Wildman–Crippen MR) is 130 cm³/mol. The zero-order valence-electron chi connectivity index (χ0n) is 20.3. The van der Waals surface area contributed by atoms with Crippen LogP contribution in [-0.4, -0.2) is 48.9 Å². The number of alkyl halides is 3. The molecule has 2 bridgehead atoms. The fourth-order valence-electron chi connectivity index (χ4n) is 6.48. The number of halogens is 3. The van der Waals surface area contributed by atoms with Gasteiger partial charge in [-0.1, -0.05) is 44.2 Å². The zero-order chi connectivity index (χ0) is 25.9. The Hall–Kier alpha value is -2.46. The number of sulfonamides is 1. The van der Waals surface area contributed by atoms with Crippen LogP contribution in [0.2, 0.25) is 0 Å². The maximum atomic E-state index is 13.7. The first-order valence-electron chi connectivity index (χ1n) is 12.2. The molecule has 1 unspecified atom stereocenters. The van der Waals surface area contributed by atoms with Gasteiger partial charge in [0, 0.05) is 37.7 Å². The highest BCUT2D eigenvalue weighted by Crippen LogP contribution is 2.64. The zero-order valence-corrected chi connectivity index (χ0v) is 21.1. The third-order valence-corrected chi connectivity index (χ3v) is 10.8. The van der Waals surface area contributed by atoms with Gasteiger partial charge in [-0.05, 0) is 41.9 Å². The molecule has 6 nitrogen and oxygen atoms in total. The largest absolute Gasteiger partial charge is 0.417 e. The number of pyridine rings is 1. The normalized spacial score (nSPS) is 28.6. The number of anilines is 1. The number of rotatable bonds is 5. The first-order chi connectivity index (χ1) is 16.8. The van der Waals surface area contributed by atoms with Crippen LogP contribution in [-0.2, 0) is 21.0 Å². The summed E-state index contributed by atoms with van der Waals surface area (Å²) < 4.78 is 68.1. The SMILES string of the molecule is CC1(C)[C@@H]2CC[C@@]1(CS(=O)(=O)N1CCN(c3ccc(C(F)(F)F)cn3)C(c3ccccc3)C1)C(=O)C2. The molecule has 194 valence electrons. The molecule has 0 amide bonds. The molecule has 10 heteroatoms. The molecule has 0 N–H and O–H groups in total. The molecule has 0 radical (unpaired) electrons. The van der Waals surface area contributed by atoms with Crippen molar-refractivity contribution in [2.75, 3.05) is 30.3 Å². The van der Waals surface area contributed by atoms with E-state index in [1.54, 1.807) is 0 Å². The molecule has 0 spiro atoms. The molecule has 3 atom stereocenters. The predicted octanol–water partition coefficient (Wildman–Crippen LogP) is 4.69. The number of carbonyl (C=O) groups excluding carboxylic acids is 1. The summed E-state index contributed by atoms with van der Waals surface area (Å²) in [5.74, 6) is 0.445. The van der Waals surface area contributed by atoms with Crippen LogP contribution in [0.4, 0.5) is 19.0 Å². The molecule has 1 aromatic carbocycles. The molecular formula is C26H30F3N3O3S. The van der Waals surface area contributed by atoms with Crippen LogP contribution in [0.25, 0.3) is 0 Å². The maximum absolute atomic E-state index is 13.7. The lowest BCUT2D eigenvalue weighted by molar-refractivity contribution is -0.137. The van der Waals surface area contributed by atoms with Crippen LogP contribution in [0, 0.1) is 16.7 Å². The van der Waals surface area contributed by atoms with Gasteiger partial charge in [0.2, 0.25) is 10.0 Å². The van der Waals surface area contributed by atoms with Crippen LogP contribution in [0.5, 0.6) is 0 Å². The number of benzene rings is 1. The molecule has 2 saturated carbocycles. The van der Waals surface area contributed by atoms with Gasteiger partial charge < -0.3 is 4.90 Å². The first-order valence-corrected chi connectivity index (χ1v) is 13.8. The van der Waals surface area contributed by atoms with Crippen molar-refractivity contribution in [2.24, 2.45) is 16.7 Å². The average molecular weight is 522 g/mol. The topological polar surface area (TPSA) is 70.6 Å². The number of hydrogen-bond donors (Lipinski definition) is 0. The molecule has 2 heterocycles. The van der Waals surface area contributed by atoms with Crippen molar-refractivity contribution in [1.82, 2.24) is 9.29 Å². The number of Topliss-reactive ketones (excluding diaryl/α,β-unsaturated/α-hetero) is 1. The molecule has 3 aliphatic rings. The van der Waals surface area contributed by atoms with Gasteiger partial charge in [0.1, 0.15) is 11.6 Å². The second kappa shape index (κ2) is 8.55. The molecule has 5 rings (SSSR count). The number of hydrogen-bond acceptors (Lipinski definition) is 5. The Labute approximate surface area is 209 Å². The minimum atomic E-state index is -4.48. The van der Waals surface area contributed by atoms with Crippen molar-refractivity contribution in [3.8, 4) is 0 Å². The Bertz CT molecular complexity index is 1250. The summed E-state index contributed by atoms with van der Waals surface area (Å²) in [5.41, 5.74) is -1.20. The summed E-state index contributed by atoms with van der Waals surface area (Å²) in [6, 6.07) is 11.2. The minimum absolute atomic E-state index is 0.0551. The van der Waals surface area contributed by atoms with Gasteiger partial charge in [0.05, 0.1) is 17.4 Å². The van der Waals surface area contributed by atoms with Crippen LogP contribution in [0.15, 0.2) is 48.7 Å². The van der Waals surface area contributed by atoms with E-state index < -0.39 is 33.2 Å². The number of carbonyl (C=O) groups is 1. The van der Waals surface area contributed by atoms with Gasteiger partial charge in [-0.15, -0.1) is 0 Å². The molecule has 36 heavy (non-hydrogen) atoms. The van der Waals surface area contributed by atoms with E-state index in [0.29, 0.717) is 18.7 Å². The van der Waals surface area contributed by atoms with E-state index >= 15 is 0 Å². The molecule has 3 fully saturated rings. The van der Waals surface area contributed by atoms with Crippen molar-refractivity contribution in [3.05, 3.63) is 59.8 Å². The van der Waals surface area contributed by atoms with E-state index in [4.69, 9.17) is 0 Å². The number of nitrogens with zero attached hydrogens (tertiary/aromatic N) is 3. The average Bonchev–Trinajstić information content (AvgIpc) is 3.18. The smallest absolute Gasteiger partial charge is 0.347 e. The fourth-order valence-corrected chi connectivity index (χ4v) is 8.69. The number of aromatic nitrogens is 1. The number of fused-ring (bicyclic) bond motifs is 2. The molecule has 1 aromatic heterocycles. The lowest BCUT2D eigenvalue weighted by Gasteiger charge is -2.43. The van der Waals surface area contributed by atoms with Crippen molar-refractivity contribution in [1.29, 1.82) is 0 Å². The fraction of sp³-hybridized carbons (Fsp3) is 0.538. The number of piperazine rings is 1. The van der Waals surface area contributed by atoms with Crippen molar-refractivity contribution >= 4 is 21.6 Å². The molecule has 2 aromatic rings. The van der Waals surface area contributed by atoms with Gasteiger partial charge >= 0.3 is 6.18 Å². The first kappa shape index (κ1) is 25.2. The summed E-state index contributed by atoms with van der Waals surface area (Å²) >= 11 is 0.